The molecule has 1 aromatic carbocycles. The van der Waals surface area contributed by atoms with Gasteiger partial charge in [-0.05, 0) is 71.3 Å². The summed E-state index contributed by atoms with van der Waals surface area (Å²) in [5.41, 5.74) is 7.93. The number of hydrogen-bond acceptors (Lipinski definition) is 12. The van der Waals surface area contributed by atoms with Crippen LogP contribution < -0.4 is 5.73 Å². The highest BCUT2D eigenvalue weighted by Crippen LogP contribution is 2.35. The van der Waals surface area contributed by atoms with Crippen LogP contribution in [0.3, 0.4) is 0 Å². The average molecular weight is 732 g/mol. The van der Waals surface area contributed by atoms with Crippen molar-refractivity contribution in [2.75, 3.05) is 40.3 Å². The van der Waals surface area contributed by atoms with Crippen LogP contribution in [0.25, 0.3) is 0 Å². The third-order valence-corrected chi connectivity index (χ3v) is 10.7. The molecule has 0 amide bonds. The minimum absolute atomic E-state index is 0.0859. The van der Waals surface area contributed by atoms with Gasteiger partial charge in [0.05, 0.1) is 43.5 Å². The predicted octanol–water partition coefficient (Wildman–Crippen LogP) is 2.66. The molecule has 0 aromatic heterocycles. The Hall–Kier alpha value is -2.52. The molecule has 1 saturated heterocycles. The first-order valence-electron chi connectivity index (χ1n) is 18.9. The number of ether oxygens (including phenoxy) is 3. The van der Waals surface area contributed by atoms with Gasteiger partial charge in [-0.25, -0.2) is 0 Å². The van der Waals surface area contributed by atoms with Gasteiger partial charge in [0, 0.05) is 37.4 Å². The van der Waals surface area contributed by atoms with Crippen molar-refractivity contribution in [1.82, 2.24) is 9.80 Å². The van der Waals surface area contributed by atoms with E-state index in [1.165, 1.54) is 0 Å². The fourth-order valence-electron chi connectivity index (χ4n) is 7.50. The highest BCUT2D eigenvalue weighted by atomic mass is 16.7. The van der Waals surface area contributed by atoms with E-state index >= 15 is 0 Å². The van der Waals surface area contributed by atoms with Gasteiger partial charge in [-0.2, -0.15) is 0 Å². The Balaban J connectivity index is 2.07. The minimum atomic E-state index is -1.24. The Labute approximate surface area is 310 Å². The van der Waals surface area contributed by atoms with E-state index in [1.807, 2.05) is 39.0 Å². The van der Waals surface area contributed by atoms with E-state index in [0.717, 1.165) is 11.1 Å². The molecule has 12 nitrogen and oxygen atoms in total. The number of cyclic esters (lactones) is 1. The molecule has 52 heavy (non-hydrogen) atoms. The summed E-state index contributed by atoms with van der Waals surface area (Å²) in [5, 5.41) is 44.2. The topological polar surface area (TPSA) is 175 Å². The average Bonchev–Trinajstić information content (AvgIpc) is 3.11. The number of ketones is 1. The smallest absolute Gasteiger partial charge is 0.308 e. The van der Waals surface area contributed by atoms with Crippen LogP contribution in [-0.2, 0) is 30.3 Å². The molecule has 0 radical (unpaired) electrons. The molecule has 3 rings (SSSR count). The molecule has 0 spiro atoms. The second-order valence-electron chi connectivity index (χ2n) is 15.0. The highest BCUT2D eigenvalue weighted by molar-refractivity contribution is 5.91. The van der Waals surface area contributed by atoms with Gasteiger partial charge in [-0.15, -0.1) is 0 Å². The molecule has 2 aliphatic heterocycles. The number of nitrogens with two attached hydrogens (primary N) is 1. The lowest BCUT2D eigenvalue weighted by molar-refractivity contribution is -0.304. The molecule has 0 saturated carbocycles. The maximum atomic E-state index is 13.6. The zero-order valence-corrected chi connectivity index (χ0v) is 32.2. The number of hydrogen-bond donors (Lipinski definition) is 5. The number of esters is 1. The lowest BCUT2D eigenvalue weighted by Gasteiger charge is -2.46. The van der Waals surface area contributed by atoms with E-state index in [2.05, 4.69) is 17.0 Å². The maximum absolute atomic E-state index is 13.6. The number of rotatable bonds is 12. The molecule has 294 valence electrons. The van der Waals surface area contributed by atoms with Crippen molar-refractivity contribution in [1.29, 1.82) is 0 Å². The SMILES string of the molecule is CC[C@H]1OC(=O)C[C@@H](O)[C@H](C)[C@@H](O[C@@H]2O[C@H](C)C(O)C(N(C)C)C2O)[C@@H](CCN(CCN)Cc2ccccc2)C[C@@H](C)C(=O)/C=C/C(C)=C/[C@@H]1CO. The van der Waals surface area contributed by atoms with Crippen molar-refractivity contribution in [3.05, 3.63) is 59.7 Å². The van der Waals surface area contributed by atoms with Gasteiger partial charge in [-0.1, -0.05) is 68.8 Å². The van der Waals surface area contributed by atoms with Crippen molar-refractivity contribution >= 4 is 11.8 Å². The molecule has 2 heterocycles. The van der Waals surface area contributed by atoms with Gasteiger partial charge in [0.15, 0.2) is 12.1 Å². The van der Waals surface area contributed by atoms with E-state index in [4.69, 9.17) is 19.9 Å². The van der Waals surface area contributed by atoms with Crippen LogP contribution in [0.1, 0.15) is 65.9 Å². The van der Waals surface area contributed by atoms with Crippen molar-refractivity contribution in [3.63, 3.8) is 0 Å². The quantitative estimate of drug-likeness (QED) is 0.199. The Morgan fingerprint density at radius 1 is 1.00 bits per heavy atom. The molecule has 12 atom stereocenters. The second kappa shape index (κ2) is 21.4. The van der Waals surface area contributed by atoms with Crippen molar-refractivity contribution in [3.8, 4) is 0 Å². The Kier molecular flexibility index (Phi) is 18.1. The van der Waals surface area contributed by atoms with E-state index in [9.17, 15) is 30.0 Å². The molecular formula is C40H65N3O9. The monoisotopic (exact) mass is 731 g/mol. The molecule has 6 N–H and O–H groups in total. The highest BCUT2D eigenvalue weighted by Gasteiger charge is 2.47. The van der Waals surface area contributed by atoms with Crippen LogP contribution in [0, 0.1) is 23.7 Å². The fraction of sp³-hybridized carbons (Fsp3) is 0.700. The largest absolute Gasteiger partial charge is 0.462 e. The number of nitrogens with zero attached hydrogens (tertiary/aromatic N) is 2. The molecule has 3 unspecified atom stereocenters. The zero-order chi connectivity index (χ0) is 38.5. The first-order valence-corrected chi connectivity index (χ1v) is 18.9. The van der Waals surface area contributed by atoms with E-state index in [-0.39, 0.29) is 24.7 Å². The van der Waals surface area contributed by atoms with Crippen LogP contribution >= 0.6 is 0 Å². The molecule has 0 aliphatic carbocycles. The van der Waals surface area contributed by atoms with Gasteiger partial charge in [-0.3, -0.25) is 14.5 Å². The van der Waals surface area contributed by atoms with Crippen LogP contribution in [0.5, 0.6) is 0 Å². The molecular weight excluding hydrogens is 666 g/mol. The number of aliphatic hydroxyl groups excluding tert-OH is 4. The predicted molar refractivity (Wildman–Crippen MR) is 200 cm³/mol. The standard InChI is InChI=1S/C40H65N3O9/c1-8-34-31(24-44)20-25(2)14-15-32(45)26(3)21-30(16-18-43(19-17-41)23-29-12-10-9-11-13-29)39(27(4)33(46)22-35(47)51-34)52-40-38(49)36(42(6)7)37(48)28(5)50-40/h9-15,20,26-28,30-31,33-34,36-40,44,46,48-49H,8,16-19,21-24,41H2,1-7H3/b15-14+,25-20+/t26-,27+,28-,30+,31-,33-,34-,36?,37?,38?,39-,40+/m1/s1. The van der Waals surface area contributed by atoms with Crippen LogP contribution in [-0.4, -0.2) is 131 Å². The van der Waals surface area contributed by atoms with Gasteiger partial charge >= 0.3 is 5.97 Å². The lowest BCUT2D eigenvalue weighted by Crippen LogP contribution is -2.63. The summed E-state index contributed by atoms with van der Waals surface area (Å²) in [5.74, 6) is -2.64. The van der Waals surface area contributed by atoms with Gasteiger partial charge in [0.2, 0.25) is 0 Å². The van der Waals surface area contributed by atoms with Crippen LogP contribution in [0.15, 0.2) is 54.1 Å². The summed E-state index contributed by atoms with van der Waals surface area (Å²) < 4.78 is 18.6. The summed E-state index contributed by atoms with van der Waals surface area (Å²) in [7, 11) is 3.53. The lowest BCUT2D eigenvalue weighted by atomic mass is 9.79. The Morgan fingerprint density at radius 2 is 1.69 bits per heavy atom. The molecule has 12 heteroatoms. The van der Waals surface area contributed by atoms with Gasteiger partial charge < -0.3 is 45.3 Å². The summed E-state index contributed by atoms with van der Waals surface area (Å²) in [4.78, 5) is 30.9. The summed E-state index contributed by atoms with van der Waals surface area (Å²) in [6, 6.07) is 9.40. The number of likely N-dealkylation sites (N-methyl/N-ethyl adjacent to an activating group) is 1. The van der Waals surface area contributed by atoms with Crippen molar-refractivity contribution in [2.24, 2.45) is 29.4 Å². The van der Waals surface area contributed by atoms with Crippen molar-refractivity contribution < 1.29 is 44.2 Å². The number of aliphatic hydroxyl groups is 4. The van der Waals surface area contributed by atoms with Gasteiger partial charge in [0.25, 0.3) is 0 Å². The van der Waals surface area contributed by atoms with E-state index in [1.54, 1.807) is 51.1 Å². The number of benzene rings is 1. The van der Waals surface area contributed by atoms with Crippen molar-refractivity contribution in [2.45, 2.75) is 116 Å². The molecule has 1 fully saturated rings. The third kappa shape index (κ3) is 12.5. The third-order valence-electron chi connectivity index (χ3n) is 10.7. The van der Waals surface area contributed by atoms with E-state index < -0.39 is 72.7 Å². The first-order chi connectivity index (χ1) is 24.7. The molecule has 0 bridgehead atoms. The summed E-state index contributed by atoms with van der Waals surface area (Å²) >= 11 is 0. The first kappa shape index (κ1) is 43.9. The van der Waals surface area contributed by atoms with E-state index in [0.29, 0.717) is 45.4 Å². The zero-order valence-electron chi connectivity index (χ0n) is 32.2. The fourth-order valence-corrected chi connectivity index (χ4v) is 7.50. The second-order valence-corrected chi connectivity index (χ2v) is 15.0. The van der Waals surface area contributed by atoms with Crippen LogP contribution in [0.4, 0.5) is 0 Å². The number of carbonyl (C=O) groups is 2. The summed E-state index contributed by atoms with van der Waals surface area (Å²) in [6.07, 6.45) is -0.549. The van der Waals surface area contributed by atoms with Gasteiger partial charge in [0.1, 0.15) is 12.2 Å². The van der Waals surface area contributed by atoms with Crippen LogP contribution in [0.2, 0.25) is 0 Å². The summed E-state index contributed by atoms with van der Waals surface area (Å²) in [6.45, 7) is 11.2. The number of allylic oxidation sites excluding steroid dienone is 3. The normalized spacial score (nSPS) is 36.0. The maximum Gasteiger partial charge on any atom is 0.308 e. The Bertz CT molecular complexity index is 1290. The Morgan fingerprint density at radius 3 is 2.31 bits per heavy atom. The molecule has 2 aliphatic rings. The minimum Gasteiger partial charge on any atom is -0.462 e. The molecule has 1 aromatic rings. The number of carbonyl (C=O) groups excluding carboxylic acids is 2.